The lowest BCUT2D eigenvalue weighted by Crippen LogP contribution is -1.91. The zero-order valence-corrected chi connectivity index (χ0v) is 9.44. The summed E-state index contributed by atoms with van der Waals surface area (Å²) < 4.78 is 0. The summed E-state index contributed by atoms with van der Waals surface area (Å²) in [5.41, 5.74) is 1.13. The van der Waals surface area contributed by atoms with Gasteiger partial charge in [-0.15, -0.1) is 0 Å². The molecule has 5 heteroatoms. The highest BCUT2D eigenvalue weighted by atomic mass is 35.5. The molecule has 0 aliphatic rings. The number of unbranched alkanes of at least 4 members (excludes halogenated alkanes) is 1. The molecule has 0 heterocycles. The summed E-state index contributed by atoms with van der Waals surface area (Å²) >= 11 is 5.20. The molecule has 0 aliphatic carbocycles. The van der Waals surface area contributed by atoms with Crippen LogP contribution in [0.25, 0.3) is 0 Å². The first kappa shape index (κ1) is 12.6. The highest BCUT2D eigenvalue weighted by molar-refractivity contribution is 6.63. The van der Waals surface area contributed by atoms with Crippen LogP contribution in [-0.2, 0) is 11.2 Å². The van der Waals surface area contributed by atoms with Gasteiger partial charge in [-0.1, -0.05) is 12.1 Å². The normalized spacial score (nSPS) is 10.1. The van der Waals surface area contributed by atoms with Gasteiger partial charge >= 0.3 is 0 Å². The maximum atomic E-state index is 10.5. The Morgan fingerprint density at radius 3 is 2.38 bits per heavy atom. The van der Waals surface area contributed by atoms with E-state index in [0.717, 1.165) is 24.8 Å². The first-order chi connectivity index (χ1) is 7.59. The number of rotatable bonds is 6. The van der Waals surface area contributed by atoms with Crippen molar-refractivity contribution in [3.05, 3.63) is 39.9 Å². The maximum absolute atomic E-state index is 10.5. The maximum Gasteiger partial charge on any atom is 0.269 e. The van der Waals surface area contributed by atoms with Gasteiger partial charge in [0.1, 0.15) is 0 Å². The summed E-state index contributed by atoms with van der Waals surface area (Å²) in [6.45, 7) is 0. The number of aryl methyl sites for hydroxylation is 1. The second-order valence-corrected chi connectivity index (χ2v) is 3.91. The SMILES string of the molecule is O=C(Cl)CCCCc1ccc([N+](=O)[O-])cc1. The van der Waals surface area contributed by atoms with Crippen molar-refractivity contribution in [2.24, 2.45) is 0 Å². The summed E-state index contributed by atoms with van der Waals surface area (Å²) in [7, 11) is 0. The number of nitro benzene ring substituents is 1. The lowest BCUT2D eigenvalue weighted by Gasteiger charge is -1.99. The van der Waals surface area contributed by atoms with Crippen molar-refractivity contribution in [2.75, 3.05) is 0 Å². The molecule has 1 aromatic carbocycles. The first-order valence-corrected chi connectivity index (χ1v) is 5.39. The predicted molar refractivity (Wildman–Crippen MR) is 61.5 cm³/mol. The van der Waals surface area contributed by atoms with E-state index in [1.165, 1.54) is 12.1 Å². The van der Waals surface area contributed by atoms with E-state index in [2.05, 4.69) is 0 Å². The van der Waals surface area contributed by atoms with Crippen molar-refractivity contribution in [3.8, 4) is 0 Å². The number of carbonyl (C=O) groups excluding carboxylic acids is 1. The molecule has 0 atom stereocenters. The zero-order valence-electron chi connectivity index (χ0n) is 8.69. The first-order valence-electron chi connectivity index (χ1n) is 5.01. The van der Waals surface area contributed by atoms with Gasteiger partial charge in [-0.2, -0.15) is 0 Å². The summed E-state index contributed by atoms with van der Waals surface area (Å²) in [6, 6.07) is 6.45. The molecule has 0 fully saturated rings. The van der Waals surface area contributed by atoms with Gasteiger partial charge in [0.25, 0.3) is 5.69 Å². The molecule has 0 saturated heterocycles. The van der Waals surface area contributed by atoms with Crippen molar-refractivity contribution in [2.45, 2.75) is 25.7 Å². The van der Waals surface area contributed by atoms with Crippen molar-refractivity contribution in [1.82, 2.24) is 0 Å². The summed E-state index contributed by atoms with van der Waals surface area (Å²) in [4.78, 5) is 20.4. The minimum Gasteiger partial charge on any atom is -0.281 e. The van der Waals surface area contributed by atoms with Crippen LogP contribution in [0.15, 0.2) is 24.3 Å². The Morgan fingerprint density at radius 1 is 1.25 bits per heavy atom. The quantitative estimate of drug-likeness (QED) is 0.333. The summed E-state index contributed by atoms with van der Waals surface area (Å²) in [6.07, 6.45) is 2.80. The molecule has 0 saturated carbocycles. The van der Waals surface area contributed by atoms with Crippen LogP contribution in [-0.4, -0.2) is 10.2 Å². The van der Waals surface area contributed by atoms with Gasteiger partial charge in [0.15, 0.2) is 0 Å². The Kier molecular flexibility index (Phi) is 4.92. The van der Waals surface area contributed by atoms with E-state index in [1.807, 2.05) is 0 Å². The fourth-order valence-electron chi connectivity index (χ4n) is 1.38. The van der Waals surface area contributed by atoms with E-state index in [-0.39, 0.29) is 10.9 Å². The molecule has 0 spiro atoms. The topological polar surface area (TPSA) is 60.2 Å². The molecule has 0 amide bonds. The minimum atomic E-state index is -0.421. The standard InChI is InChI=1S/C11H12ClNO3/c12-11(14)4-2-1-3-9-5-7-10(8-6-9)13(15)16/h5-8H,1-4H2. The van der Waals surface area contributed by atoms with E-state index in [0.29, 0.717) is 6.42 Å². The average molecular weight is 242 g/mol. The van der Waals surface area contributed by atoms with Crippen LogP contribution in [0.1, 0.15) is 24.8 Å². The van der Waals surface area contributed by atoms with Crippen LogP contribution in [0.2, 0.25) is 0 Å². The van der Waals surface area contributed by atoms with Crippen molar-refractivity contribution in [3.63, 3.8) is 0 Å². The average Bonchev–Trinajstić information content (AvgIpc) is 2.25. The Morgan fingerprint density at radius 2 is 1.88 bits per heavy atom. The highest BCUT2D eigenvalue weighted by Gasteiger charge is 2.03. The van der Waals surface area contributed by atoms with Gasteiger partial charge in [-0.05, 0) is 36.4 Å². The third-order valence-corrected chi connectivity index (χ3v) is 2.42. The molecular weight excluding hydrogens is 230 g/mol. The Labute approximate surface area is 98.4 Å². The second kappa shape index (κ2) is 6.23. The third kappa shape index (κ3) is 4.40. The molecule has 4 nitrogen and oxygen atoms in total. The fraction of sp³-hybridized carbons (Fsp3) is 0.364. The molecule has 86 valence electrons. The highest BCUT2D eigenvalue weighted by Crippen LogP contribution is 2.14. The number of non-ortho nitro benzene ring substituents is 1. The number of nitro groups is 1. The van der Waals surface area contributed by atoms with Crippen molar-refractivity contribution < 1.29 is 9.72 Å². The number of carbonyl (C=O) groups is 1. The molecule has 16 heavy (non-hydrogen) atoms. The molecule has 0 bridgehead atoms. The van der Waals surface area contributed by atoms with E-state index in [4.69, 9.17) is 11.6 Å². The fourth-order valence-corrected chi connectivity index (χ4v) is 1.51. The van der Waals surface area contributed by atoms with Gasteiger partial charge in [0.05, 0.1) is 4.92 Å². The lowest BCUT2D eigenvalue weighted by molar-refractivity contribution is -0.384. The molecular formula is C11H12ClNO3. The molecule has 0 radical (unpaired) electrons. The minimum absolute atomic E-state index is 0.0969. The van der Waals surface area contributed by atoms with Gasteiger partial charge < -0.3 is 0 Å². The van der Waals surface area contributed by atoms with Crippen molar-refractivity contribution in [1.29, 1.82) is 0 Å². The zero-order chi connectivity index (χ0) is 12.0. The smallest absolute Gasteiger partial charge is 0.269 e. The summed E-state index contributed by atoms with van der Waals surface area (Å²) in [5, 5.41) is 10.1. The van der Waals surface area contributed by atoms with Crippen molar-refractivity contribution >= 4 is 22.5 Å². The predicted octanol–water partition coefficient (Wildman–Crippen LogP) is 3.07. The molecule has 0 N–H and O–H groups in total. The monoisotopic (exact) mass is 241 g/mol. The van der Waals surface area contributed by atoms with Crippen LogP contribution in [0.3, 0.4) is 0 Å². The van der Waals surface area contributed by atoms with Gasteiger partial charge in [-0.25, -0.2) is 0 Å². The number of halogens is 1. The number of benzene rings is 1. The Bertz CT molecular complexity index is 375. The molecule has 1 rings (SSSR count). The van der Waals surface area contributed by atoms with Gasteiger partial charge in [0.2, 0.25) is 5.24 Å². The number of hydrogen-bond donors (Lipinski definition) is 0. The third-order valence-electron chi connectivity index (χ3n) is 2.24. The largest absolute Gasteiger partial charge is 0.281 e. The molecule has 1 aromatic rings. The van der Waals surface area contributed by atoms with E-state index in [1.54, 1.807) is 12.1 Å². The van der Waals surface area contributed by atoms with Gasteiger partial charge in [-0.3, -0.25) is 14.9 Å². The number of hydrogen-bond acceptors (Lipinski definition) is 3. The Hall–Kier alpha value is -1.42. The summed E-state index contributed by atoms with van der Waals surface area (Å²) in [5.74, 6) is 0. The van der Waals surface area contributed by atoms with Crippen LogP contribution in [0.4, 0.5) is 5.69 Å². The number of nitrogens with zero attached hydrogens (tertiary/aromatic N) is 1. The van der Waals surface area contributed by atoms with E-state index >= 15 is 0 Å². The molecule has 0 aliphatic heterocycles. The van der Waals surface area contributed by atoms with Crippen LogP contribution in [0.5, 0.6) is 0 Å². The Balaban J connectivity index is 2.38. The van der Waals surface area contributed by atoms with Crippen LogP contribution in [0, 0.1) is 10.1 Å². The lowest BCUT2D eigenvalue weighted by atomic mass is 10.1. The molecule has 0 unspecified atom stereocenters. The van der Waals surface area contributed by atoms with Gasteiger partial charge in [0, 0.05) is 18.6 Å². The van der Waals surface area contributed by atoms with Crippen LogP contribution >= 0.6 is 11.6 Å². The van der Waals surface area contributed by atoms with E-state index < -0.39 is 4.92 Å². The van der Waals surface area contributed by atoms with Crippen LogP contribution < -0.4 is 0 Å². The van der Waals surface area contributed by atoms with E-state index in [9.17, 15) is 14.9 Å². The molecule has 0 aromatic heterocycles. The second-order valence-electron chi connectivity index (χ2n) is 3.49.